The number of amides is 2. The molecule has 0 spiro atoms. The quantitative estimate of drug-likeness (QED) is 0.686. The van der Waals surface area contributed by atoms with E-state index in [4.69, 9.17) is 4.74 Å². The second-order valence-electron chi connectivity index (χ2n) is 7.28. The molecule has 0 aliphatic carbocycles. The highest BCUT2D eigenvalue weighted by Crippen LogP contribution is 2.37. The van der Waals surface area contributed by atoms with E-state index >= 15 is 0 Å². The second-order valence-corrected chi connectivity index (χ2v) is 7.28. The van der Waals surface area contributed by atoms with Crippen molar-refractivity contribution in [3.05, 3.63) is 89.2 Å². The van der Waals surface area contributed by atoms with Gasteiger partial charge in [-0.3, -0.25) is 9.59 Å². The fourth-order valence-corrected chi connectivity index (χ4v) is 3.43. The van der Waals surface area contributed by atoms with Crippen LogP contribution in [0.3, 0.4) is 0 Å². The number of carbonyl (C=O) groups is 2. The first kappa shape index (κ1) is 19.6. The summed E-state index contributed by atoms with van der Waals surface area (Å²) >= 11 is 0. The standard InChI is InChI=1S/C24H21FN2O3/c1-15-6-5-8-17(12-15)23(28)26-19-10-11-22-21(13-19)27(24(29)16(2)30-22)14-18-7-3-4-9-20(18)25/h3-13,16H,14H2,1-2H3,(H,26,28). The SMILES string of the molecule is Cc1cccc(C(=O)Nc2ccc3c(c2)N(Cc2ccccc2F)C(=O)C(C)O3)c1. The van der Waals surface area contributed by atoms with Gasteiger partial charge >= 0.3 is 0 Å². The first-order chi connectivity index (χ1) is 14.4. The zero-order valence-corrected chi connectivity index (χ0v) is 16.7. The van der Waals surface area contributed by atoms with Gasteiger partial charge in [0.15, 0.2) is 6.10 Å². The molecule has 2 amide bonds. The Morgan fingerprint density at radius 3 is 2.67 bits per heavy atom. The third-order valence-corrected chi connectivity index (χ3v) is 4.99. The van der Waals surface area contributed by atoms with Gasteiger partial charge in [-0.2, -0.15) is 0 Å². The minimum atomic E-state index is -0.683. The van der Waals surface area contributed by atoms with Crippen LogP contribution < -0.4 is 15.0 Å². The Morgan fingerprint density at radius 1 is 1.10 bits per heavy atom. The van der Waals surface area contributed by atoms with Crippen molar-refractivity contribution < 1.29 is 18.7 Å². The Hall–Kier alpha value is -3.67. The summed E-state index contributed by atoms with van der Waals surface area (Å²) in [6.45, 7) is 3.65. The average molecular weight is 404 g/mol. The van der Waals surface area contributed by atoms with Gasteiger partial charge in [-0.15, -0.1) is 0 Å². The van der Waals surface area contributed by atoms with Crippen molar-refractivity contribution in [2.45, 2.75) is 26.5 Å². The van der Waals surface area contributed by atoms with Crippen LogP contribution in [-0.2, 0) is 11.3 Å². The molecular weight excluding hydrogens is 383 g/mol. The van der Waals surface area contributed by atoms with Gasteiger partial charge < -0.3 is 15.0 Å². The van der Waals surface area contributed by atoms with Crippen LogP contribution >= 0.6 is 0 Å². The van der Waals surface area contributed by atoms with Crippen molar-refractivity contribution in [2.24, 2.45) is 0 Å². The molecule has 1 atom stereocenters. The van der Waals surface area contributed by atoms with E-state index in [2.05, 4.69) is 5.32 Å². The molecule has 0 fully saturated rings. The molecule has 1 N–H and O–H groups in total. The van der Waals surface area contributed by atoms with Crippen LogP contribution in [0.25, 0.3) is 0 Å². The predicted octanol–water partition coefficient (Wildman–Crippen LogP) is 4.70. The minimum absolute atomic E-state index is 0.0709. The van der Waals surface area contributed by atoms with Crippen LogP contribution in [0, 0.1) is 12.7 Å². The number of rotatable bonds is 4. The third-order valence-electron chi connectivity index (χ3n) is 4.99. The molecule has 3 aromatic rings. The number of halogens is 1. The Balaban J connectivity index is 1.65. The molecule has 1 aliphatic rings. The van der Waals surface area contributed by atoms with E-state index in [1.807, 2.05) is 19.1 Å². The summed E-state index contributed by atoms with van der Waals surface area (Å²) in [5, 5.41) is 2.85. The molecule has 5 nitrogen and oxygen atoms in total. The average Bonchev–Trinajstić information content (AvgIpc) is 2.73. The number of nitrogens with one attached hydrogen (secondary N) is 1. The largest absolute Gasteiger partial charge is 0.479 e. The third kappa shape index (κ3) is 3.89. The van der Waals surface area contributed by atoms with Gasteiger partial charge in [0.1, 0.15) is 11.6 Å². The molecule has 1 aliphatic heterocycles. The van der Waals surface area contributed by atoms with Crippen molar-refractivity contribution in [1.29, 1.82) is 0 Å². The van der Waals surface area contributed by atoms with Crippen molar-refractivity contribution in [3.8, 4) is 5.75 Å². The summed E-state index contributed by atoms with van der Waals surface area (Å²) in [6, 6.07) is 18.7. The number of benzene rings is 3. The molecule has 6 heteroatoms. The van der Waals surface area contributed by atoms with Crippen LogP contribution in [0.5, 0.6) is 5.75 Å². The molecule has 30 heavy (non-hydrogen) atoms. The van der Waals surface area contributed by atoms with Crippen LogP contribution in [0.1, 0.15) is 28.4 Å². The van der Waals surface area contributed by atoms with Gasteiger partial charge in [0.05, 0.1) is 12.2 Å². The van der Waals surface area contributed by atoms with E-state index < -0.39 is 6.10 Å². The van der Waals surface area contributed by atoms with Crippen LogP contribution in [0.2, 0.25) is 0 Å². The summed E-state index contributed by atoms with van der Waals surface area (Å²) < 4.78 is 19.9. The second kappa shape index (κ2) is 7.99. The highest BCUT2D eigenvalue weighted by Gasteiger charge is 2.32. The summed E-state index contributed by atoms with van der Waals surface area (Å²) in [5.74, 6) is -0.398. The number of hydrogen-bond acceptors (Lipinski definition) is 3. The van der Waals surface area contributed by atoms with Gasteiger partial charge in [0.25, 0.3) is 11.8 Å². The fraction of sp³-hybridized carbons (Fsp3) is 0.167. The number of carbonyl (C=O) groups excluding carboxylic acids is 2. The molecule has 0 aromatic heterocycles. The van der Waals surface area contributed by atoms with Gasteiger partial charge in [-0.05, 0) is 50.2 Å². The first-order valence-corrected chi connectivity index (χ1v) is 9.66. The van der Waals surface area contributed by atoms with Crippen molar-refractivity contribution >= 4 is 23.2 Å². The van der Waals surface area contributed by atoms with Gasteiger partial charge in [-0.25, -0.2) is 4.39 Å². The zero-order valence-electron chi connectivity index (χ0n) is 16.7. The lowest BCUT2D eigenvalue weighted by molar-refractivity contribution is -0.125. The van der Waals surface area contributed by atoms with Gasteiger partial charge in [0, 0.05) is 16.8 Å². The number of hydrogen-bond donors (Lipinski definition) is 1. The molecule has 0 saturated carbocycles. The summed E-state index contributed by atoms with van der Waals surface area (Å²) in [4.78, 5) is 26.9. The molecule has 152 valence electrons. The Morgan fingerprint density at radius 2 is 1.90 bits per heavy atom. The number of aryl methyl sites for hydroxylation is 1. The molecule has 0 bridgehead atoms. The van der Waals surface area contributed by atoms with Crippen LogP contribution in [0.15, 0.2) is 66.7 Å². The lowest BCUT2D eigenvalue weighted by Crippen LogP contribution is -2.44. The lowest BCUT2D eigenvalue weighted by atomic mass is 10.1. The Labute approximate surface area is 174 Å². The van der Waals surface area contributed by atoms with E-state index in [1.54, 1.807) is 55.5 Å². The first-order valence-electron chi connectivity index (χ1n) is 9.66. The zero-order chi connectivity index (χ0) is 21.3. The Kier molecular flexibility index (Phi) is 5.23. The van der Waals surface area contributed by atoms with E-state index in [0.29, 0.717) is 28.3 Å². The maximum Gasteiger partial charge on any atom is 0.268 e. The van der Waals surface area contributed by atoms with Gasteiger partial charge in [-0.1, -0.05) is 35.9 Å². The van der Waals surface area contributed by atoms with Crippen molar-refractivity contribution in [3.63, 3.8) is 0 Å². The minimum Gasteiger partial charge on any atom is -0.479 e. The maximum atomic E-state index is 14.2. The molecule has 1 heterocycles. The highest BCUT2D eigenvalue weighted by molar-refractivity contribution is 6.05. The number of fused-ring (bicyclic) bond motifs is 1. The summed E-state index contributed by atoms with van der Waals surface area (Å²) in [6.07, 6.45) is -0.683. The van der Waals surface area contributed by atoms with Crippen LogP contribution in [0.4, 0.5) is 15.8 Å². The van der Waals surface area contributed by atoms with E-state index in [0.717, 1.165) is 5.56 Å². The highest BCUT2D eigenvalue weighted by atomic mass is 19.1. The molecular formula is C24H21FN2O3. The predicted molar refractivity (Wildman–Crippen MR) is 113 cm³/mol. The molecule has 1 unspecified atom stereocenters. The summed E-state index contributed by atoms with van der Waals surface area (Å²) in [7, 11) is 0. The molecule has 3 aromatic carbocycles. The van der Waals surface area contributed by atoms with E-state index in [9.17, 15) is 14.0 Å². The lowest BCUT2D eigenvalue weighted by Gasteiger charge is -2.33. The summed E-state index contributed by atoms with van der Waals surface area (Å²) in [5.41, 5.74) is 2.93. The van der Waals surface area contributed by atoms with E-state index in [-0.39, 0.29) is 24.2 Å². The topological polar surface area (TPSA) is 58.6 Å². The van der Waals surface area contributed by atoms with Crippen molar-refractivity contribution in [1.82, 2.24) is 0 Å². The number of ether oxygens (including phenoxy) is 1. The molecule has 0 saturated heterocycles. The van der Waals surface area contributed by atoms with Crippen LogP contribution in [-0.4, -0.2) is 17.9 Å². The molecule has 0 radical (unpaired) electrons. The number of anilines is 2. The monoisotopic (exact) mass is 404 g/mol. The number of nitrogens with zero attached hydrogens (tertiary/aromatic N) is 1. The Bertz CT molecular complexity index is 1130. The van der Waals surface area contributed by atoms with E-state index in [1.165, 1.54) is 11.0 Å². The maximum absolute atomic E-state index is 14.2. The fourth-order valence-electron chi connectivity index (χ4n) is 3.43. The normalized spacial score (nSPS) is 15.4. The van der Waals surface area contributed by atoms with Gasteiger partial charge in [0.2, 0.25) is 0 Å². The molecule has 4 rings (SSSR count). The smallest absolute Gasteiger partial charge is 0.268 e. The van der Waals surface area contributed by atoms with Crippen molar-refractivity contribution in [2.75, 3.05) is 10.2 Å².